The van der Waals surface area contributed by atoms with Crippen LogP contribution in [0.3, 0.4) is 0 Å². The number of nitrogens with zero attached hydrogens (tertiary/aromatic N) is 4. The maximum atomic E-state index is 4.54. The van der Waals surface area contributed by atoms with Gasteiger partial charge in [0.05, 0.1) is 5.69 Å². The van der Waals surface area contributed by atoms with E-state index in [1.54, 1.807) is 0 Å². The minimum Gasteiger partial charge on any atom is -0.359 e. The molecule has 19 heavy (non-hydrogen) atoms. The minimum atomic E-state index is 0.805. The first kappa shape index (κ1) is 14.9. The summed E-state index contributed by atoms with van der Waals surface area (Å²) >= 11 is 3.59. The third kappa shape index (κ3) is 3.31. The van der Waals surface area contributed by atoms with Crippen molar-refractivity contribution in [3.05, 3.63) is 11.3 Å². The number of piperidine rings is 1. The number of alkyl halides is 1. The highest BCUT2D eigenvalue weighted by Crippen LogP contribution is 2.26. The first-order valence-electron chi connectivity index (χ1n) is 7.01. The van der Waals surface area contributed by atoms with Crippen molar-refractivity contribution in [2.75, 3.05) is 38.6 Å². The Morgan fingerprint density at radius 2 is 1.95 bits per heavy atom. The summed E-state index contributed by atoms with van der Waals surface area (Å²) < 4.78 is 2.01. The quantitative estimate of drug-likeness (QED) is 0.793. The molecule has 4 nitrogen and oxygen atoms in total. The van der Waals surface area contributed by atoms with Gasteiger partial charge in [0.2, 0.25) is 0 Å². The Bertz CT molecular complexity index is 421. The van der Waals surface area contributed by atoms with Crippen LogP contribution >= 0.6 is 15.9 Å². The fraction of sp³-hybridized carbons (Fsp3) is 0.786. The summed E-state index contributed by atoms with van der Waals surface area (Å²) in [5.74, 6) is 2.06. The van der Waals surface area contributed by atoms with E-state index >= 15 is 0 Å². The molecule has 2 heterocycles. The van der Waals surface area contributed by atoms with Gasteiger partial charge in [-0.15, -0.1) is 0 Å². The molecule has 1 aromatic heterocycles. The highest BCUT2D eigenvalue weighted by Gasteiger charge is 2.21. The fourth-order valence-corrected chi connectivity index (χ4v) is 3.70. The molecule has 0 aliphatic carbocycles. The number of hydrogen-bond acceptors (Lipinski definition) is 3. The molecule has 0 N–H and O–H groups in total. The second-order valence-electron chi connectivity index (χ2n) is 5.77. The van der Waals surface area contributed by atoms with Crippen LogP contribution < -0.4 is 4.90 Å². The van der Waals surface area contributed by atoms with Gasteiger partial charge in [-0.05, 0) is 45.8 Å². The van der Waals surface area contributed by atoms with E-state index in [0.717, 1.165) is 23.5 Å². The lowest BCUT2D eigenvalue weighted by Crippen LogP contribution is -2.36. The van der Waals surface area contributed by atoms with Crippen molar-refractivity contribution in [1.29, 1.82) is 0 Å². The average molecular weight is 329 g/mol. The molecule has 108 valence electrons. The van der Waals surface area contributed by atoms with Crippen LogP contribution in [0.2, 0.25) is 0 Å². The minimum absolute atomic E-state index is 0.805. The number of aromatic nitrogens is 2. The zero-order valence-electron chi connectivity index (χ0n) is 12.5. The van der Waals surface area contributed by atoms with Crippen LogP contribution in [-0.2, 0) is 12.4 Å². The van der Waals surface area contributed by atoms with Crippen LogP contribution in [0.5, 0.6) is 0 Å². The van der Waals surface area contributed by atoms with Crippen LogP contribution in [0, 0.1) is 12.8 Å². The van der Waals surface area contributed by atoms with Crippen molar-refractivity contribution in [2.45, 2.75) is 25.1 Å². The Labute approximate surface area is 124 Å². The zero-order chi connectivity index (χ0) is 14.0. The van der Waals surface area contributed by atoms with Gasteiger partial charge in [-0.25, -0.2) is 0 Å². The van der Waals surface area contributed by atoms with Gasteiger partial charge < -0.3 is 9.80 Å². The molecule has 0 saturated carbocycles. The van der Waals surface area contributed by atoms with E-state index in [1.807, 2.05) is 11.7 Å². The van der Waals surface area contributed by atoms with E-state index in [-0.39, 0.29) is 0 Å². The molecule has 0 amide bonds. The number of anilines is 1. The van der Waals surface area contributed by atoms with E-state index < -0.39 is 0 Å². The number of aryl methyl sites for hydroxylation is 2. The van der Waals surface area contributed by atoms with Gasteiger partial charge in [0.15, 0.2) is 0 Å². The predicted octanol–water partition coefficient (Wildman–Crippen LogP) is 2.40. The molecule has 0 atom stereocenters. The molecule has 2 rings (SSSR count). The zero-order valence-corrected chi connectivity index (χ0v) is 14.1. The summed E-state index contributed by atoms with van der Waals surface area (Å²) in [5, 5.41) is 5.42. The van der Waals surface area contributed by atoms with Crippen molar-refractivity contribution in [2.24, 2.45) is 13.0 Å². The summed E-state index contributed by atoms with van der Waals surface area (Å²) in [5.41, 5.74) is 2.45. The monoisotopic (exact) mass is 328 g/mol. The molecule has 1 saturated heterocycles. The molecule has 1 aromatic rings. The van der Waals surface area contributed by atoms with Crippen molar-refractivity contribution >= 4 is 21.7 Å². The predicted molar refractivity (Wildman–Crippen MR) is 84.1 cm³/mol. The molecule has 0 bridgehead atoms. The van der Waals surface area contributed by atoms with Crippen LogP contribution in [0.25, 0.3) is 0 Å². The van der Waals surface area contributed by atoms with Crippen molar-refractivity contribution in [3.63, 3.8) is 0 Å². The average Bonchev–Trinajstić information content (AvgIpc) is 2.66. The second-order valence-corrected chi connectivity index (χ2v) is 6.33. The van der Waals surface area contributed by atoms with Gasteiger partial charge in [0.1, 0.15) is 5.82 Å². The number of likely N-dealkylation sites (tertiary alicyclic amines) is 1. The molecule has 1 fully saturated rings. The van der Waals surface area contributed by atoms with Gasteiger partial charge in [-0.1, -0.05) is 15.9 Å². The van der Waals surface area contributed by atoms with Crippen molar-refractivity contribution in [3.8, 4) is 0 Å². The lowest BCUT2D eigenvalue weighted by molar-refractivity contribution is 0.222. The summed E-state index contributed by atoms with van der Waals surface area (Å²) in [6, 6.07) is 0. The van der Waals surface area contributed by atoms with Gasteiger partial charge in [-0.2, -0.15) is 5.10 Å². The molecule has 0 unspecified atom stereocenters. The maximum Gasteiger partial charge on any atom is 0.130 e. The normalized spacial score (nSPS) is 17.9. The molecule has 5 heteroatoms. The maximum absolute atomic E-state index is 4.54. The van der Waals surface area contributed by atoms with Gasteiger partial charge in [0.25, 0.3) is 0 Å². The standard InChI is InChI=1S/C14H25BrN4/c1-11-13(9-15)14(19(4)16-11)18(3)10-12-5-7-17(2)8-6-12/h12H,5-10H2,1-4H3. The van der Waals surface area contributed by atoms with Crippen LogP contribution in [0.4, 0.5) is 5.82 Å². The summed E-state index contributed by atoms with van der Waals surface area (Å²) in [7, 11) is 6.45. The summed E-state index contributed by atoms with van der Waals surface area (Å²) in [6.07, 6.45) is 2.61. The molecule has 1 aliphatic rings. The molecule has 0 radical (unpaired) electrons. The van der Waals surface area contributed by atoms with E-state index in [2.05, 4.69) is 51.8 Å². The third-order valence-electron chi connectivity index (χ3n) is 4.18. The molecule has 1 aliphatic heterocycles. The number of halogens is 1. The Morgan fingerprint density at radius 1 is 1.32 bits per heavy atom. The van der Waals surface area contributed by atoms with Crippen LogP contribution in [0.15, 0.2) is 0 Å². The lowest BCUT2D eigenvalue weighted by Gasteiger charge is -2.32. The fourth-order valence-electron chi connectivity index (χ4n) is 3.04. The molecule has 0 aromatic carbocycles. The Balaban J connectivity index is 2.05. The van der Waals surface area contributed by atoms with E-state index in [4.69, 9.17) is 0 Å². The van der Waals surface area contributed by atoms with Crippen LogP contribution in [-0.4, -0.2) is 48.4 Å². The van der Waals surface area contributed by atoms with Gasteiger partial charge in [-0.3, -0.25) is 4.68 Å². The largest absolute Gasteiger partial charge is 0.359 e. The third-order valence-corrected chi connectivity index (χ3v) is 4.74. The first-order chi connectivity index (χ1) is 9.02. The highest BCUT2D eigenvalue weighted by molar-refractivity contribution is 9.08. The van der Waals surface area contributed by atoms with Crippen molar-refractivity contribution < 1.29 is 0 Å². The van der Waals surface area contributed by atoms with Gasteiger partial charge >= 0.3 is 0 Å². The number of hydrogen-bond donors (Lipinski definition) is 0. The highest BCUT2D eigenvalue weighted by atomic mass is 79.9. The first-order valence-corrected chi connectivity index (χ1v) is 8.13. The molecule has 0 spiro atoms. The van der Waals surface area contributed by atoms with Crippen LogP contribution in [0.1, 0.15) is 24.1 Å². The number of rotatable bonds is 4. The van der Waals surface area contributed by atoms with E-state index in [0.29, 0.717) is 0 Å². The topological polar surface area (TPSA) is 24.3 Å². The Morgan fingerprint density at radius 3 is 2.53 bits per heavy atom. The molecular formula is C14H25BrN4. The molecular weight excluding hydrogens is 304 g/mol. The van der Waals surface area contributed by atoms with Crippen molar-refractivity contribution in [1.82, 2.24) is 14.7 Å². The summed E-state index contributed by atoms with van der Waals surface area (Å²) in [6.45, 7) is 5.68. The SMILES string of the molecule is Cc1nn(C)c(N(C)CC2CCN(C)CC2)c1CBr. The van der Waals surface area contributed by atoms with E-state index in [9.17, 15) is 0 Å². The second kappa shape index (κ2) is 6.27. The summed E-state index contributed by atoms with van der Waals surface area (Å²) in [4.78, 5) is 4.81. The van der Waals surface area contributed by atoms with E-state index in [1.165, 1.54) is 37.3 Å². The Kier molecular flexibility index (Phi) is 4.90. The lowest BCUT2D eigenvalue weighted by atomic mass is 9.96. The van der Waals surface area contributed by atoms with Gasteiger partial charge in [0, 0.05) is 31.5 Å². The Hall–Kier alpha value is -0.550. The smallest absolute Gasteiger partial charge is 0.130 e.